The second-order valence-electron chi connectivity index (χ2n) is 4.28. The number of nitrogens with one attached hydrogen (secondary N) is 2. The maximum Gasteiger partial charge on any atom is 0.251 e. The maximum absolute atomic E-state index is 11.8. The van der Waals surface area contributed by atoms with E-state index < -0.39 is 0 Å². The van der Waals surface area contributed by atoms with E-state index in [2.05, 4.69) is 22.9 Å². The number of fused-ring (bicyclic) bond motifs is 1. The van der Waals surface area contributed by atoms with Crippen molar-refractivity contribution >= 4 is 5.91 Å². The monoisotopic (exact) mass is 219 g/mol. The molecule has 0 fully saturated rings. The number of amides is 1. The SMILES string of the molecule is CN(C)NC(=O)[C@H]1Cc2ccccc2CN1. The Balaban J connectivity index is 2.05. The van der Waals surface area contributed by atoms with Gasteiger partial charge in [0, 0.05) is 20.6 Å². The molecule has 0 radical (unpaired) electrons. The van der Waals surface area contributed by atoms with Gasteiger partial charge in [0.15, 0.2) is 0 Å². The van der Waals surface area contributed by atoms with Crippen molar-refractivity contribution in [1.29, 1.82) is 0 Å². The van der Waals surface area contributed by atoms with Gasteiger partial charge < -0.3 is 5.32 Å². The van der Waals surface area contributed by atoms with Crippen molar-refractivity contribution in [2.75, 3.05) is 14.1 Å². The zero-order chi connectivity index (χ0) is 11.5. The zero-order valence-electron chi connectivity index (χ0n) is 9.66. The van der Waals surface area contributed by atoms with Gasteiger partial charge in [0.05, 0.1) is 6.04 Å². The predicted octanol–water partition coefficient (Wildman–Crippen LogP) is 0.294. The van der Waals surface area contributed by atoms with Gasteiger partial charge in [0.2, 0.25) is 0 Å². The van der Waals surface area contributed by atoms with Gasteiger partial charge in [-0.2, -0.15) is 0 Å². The Morgan fingerprint density at radius 2 is 2.06 bits per heavy atom. The summed E-state index contributed by atoms with van der Waals surface area (Å²) in [6.45, 7) is 0.766. The fraction of sp³-hybridized carbons (Fsp3) is 0.417. The highest BCUT2D eigenvalue weighted by Gasteiger charge is 2.23. The van der Waals surface area contributed by atoms with Crippen LogP contribution in [-0.4, -0.2) is 31.1 Å². The molecule has 0 aromatic heterocycles. The lowest BCUT2D eigenvalue weighted by atomic mass is 9.96. The maximum atomic E-state index is 11.8. The first-order valence-electron chi connectivity index (χ1n) is 5.45. The highest BCUT2D eigenvalue weighted by molar-refractivity contribution is 5.82. The zero-order valence-corrected chi connectivity index (χ0v) is 9.66. The first kappa shape index (κ1) is 11.1. The van der Waals surface area contributed by atoms with Crippen LogP contribution in [-0.2, 0) is 17.8 Å². The molecular weight excluding hydrogens is 202 g/mol. The van der Waals surface area contributed by atoms with Gasteiger partial charge in [-0.1, -0.05) is 24.3 Å². The van der Waals surface area contributed by atoms with Crippen LogP contribution >= 0.6 is 0 Å². The van der Waals surface area contributed by atoms with E-state index in [1.54, 1.807) is 5.01 Å². The van der Waals surface area contributed by atoms with Gasteiger partial charge in [-0.3, -0.25) is 10.2 Å². The van der Waals surface area contributed by atoms with E-state index in [0.29, 0.717) is 0 Å². The molecule has 16 heavy (non-hydrogen) atoms. The largest absolute Gasteiger partial charge is 0.301 e. The average Bonchev–Trinajstić information content (AvgIpc) is 2.27. The van der Waals surface area contributed by atoms with Gasteiger partial charge in [-0.25, -0.2) is 5.01 Å². The van der Waals surface area contributed by atoms with Crippen molar-refractivity contribution < 1.29 is 4.79 Å². The number of hydrogen-bond acceptors (Lipinski definition) is 3. The summed E-state index contributed by atoms with van der Waals surface area (Å²) >= 11 is 0. The van der Waals surface area contributed by atoms with Gasteiger partial charge in [0.1, 0.15) is 0 Å². The second-order valence-corrected chi connectivity index (χ2v) is 4.28. The molecule has 1 atom stereocenters. The van der Waals surface area contributed by atoms with E-state index in [-0.39, 0.29) is 11.9 Å². The van der Waals surface area contributed by atoms with Crippen molar-refractivity contribution in [1.82, 2.24) is 15.8 Å². The van der Waals surface area contributed by atoms with Crippen LogP contribution in [0.1, 0.15) is 11.1 Å². The molecule has 0 bridgehead atoms. The Bertz CT molecular complexity index is 390. The molecule has 1 aromatic carbocycles. The van der Waals surface area contributed by atoms with Crippen LogP contribution in [0.5, 0.6) is 0 Å². The minimum atomic E-state index is -0.128. The fourth-order valence-electron chi connectivity index (χ4n) is 1.94. The summed E-state index contributed by atoms with van der Waals surface area (Å²) < 4.78 is 0. The predicted molar refractivity (Wildman–Crippen MR) is 62.6 cm³/mol. The first-order valence-corrected chi connectivity index (χ1v) is 5.45. The highest BCUT2D eigenvalue weighted by atomic mass is 16.2. The number of hydrazine groups is 1. The van der Waals surface area contributed by atoms with Crippen LogP contribution in [0.25, 0.3) is 0 Å². The van der Waals surface area contributed by atoms with Crippen molar-refractivity contribution in [2.45, 2.75) is 19.0 Å². The number of benzene rings is 1. The summed E-state index contributed by atoms with van der Waals surface area (Å²) in [6.07, 6.45) is 0.760. The van der Waals surface area contributed by atoms with E-state index in [4.69, 9.17) is 0 Å². The first-order chi connectivity index (χ1) is 7.66. The van der Waals surface area contributed by atoms with Gasteiger partial charge in [-0.15, -0.1) is 0 Å². The molecule has 0 saturated heterocycles. The molecule has 1 aliphatic heterocycles. The van der Waals surface area contributed by atoms with Gasteiger partial charge in [0.25, 0.3) is 5.91 Å². The van der Waals surface area contributed by atoms with Crippen molar-refractivity contribution in [3.05, 3.63) is 35.4 Å². The molecule has 0 unspecified atom stereocenters. The molecular formula is C12H17N3O. The van der Waals surface area contributed by atoms with E-state index >= 15 is 0 Å². The third-order valence-electron chi connectivity index (χ3n) is 2.73. The van der Waals surface area contributed by atoms with E-state index in [9.17, 15) is 4.79 Å². The summed E-state index contributed by atoms with van der Waals surface area (Å²) in [7, 11) is 3.63. The molecule has 1 heterocycles. The normalized spacial score (nSPS) is 19.3. The molecule has 2 N–H and O–H groups in total. The lowest BCUT2D eigenvalue weighted by Gasteiger charge is -2.26. The molecule has 2 rings (SSSR count). The number of carbonyl (C=O) groups excluding carboxylic acids is 1. The van der Waals surface area contributed by atoms with Crippen molar-refractivity contribution in [2.24, 2.45) is 0 Å². The van der Waals surface area contributed by atoms with E-state index in [1.807, 2.05) is 26.2 Å². The van der Waals surface area contributed by atoms with Crippen LogP contribution in [0, 0.1) is 0 Å². The van der Waals surface area contributed by atoms with Crippen LogP contribution in [0.3, 0.4) is 0 Å². The molecule has 1 aromatic rings. The summed E-state index contributed by atoms with van der Waals surface area (Å²) in [5, 5.41) is 4.91. The van der Waals surface area contributed by atoms with Crippen molar-refractivity contribution in [3.8, 4) is 0 Å². The fourth-order valence-corrected chi connectivity index (χ4v) is 1.94. The van der Waals surface area contributed by atoms with Crippen LogP contribution in [0.15, 0.2) is 24.3 Å². The number of carbonyl (C=O) groups is 1. The van der Waals surface area contributed by atoms with Crippen LogP contribution in [0.2, 0.25) is 0 Å². The smallest absolute Gasteiger partial charge is 0.251 e. The Kier molecular flexibility index (Phi) is 3.22. The minimum Gasteiger partial charge on any atom is -0.301 e. The van der Waals surface area contributed by atoms with Crippen LogP contribution in [0.4, 0.5) is 0 Å². The summed E-state index contributed by atoms with van der Waals surface area (Å²) in [4.78, 5) is 11.8. The molecule has 1 amide bonds. The molecule has 4 nitrogen and oxygen atoms in total. The molecule has 0 spiro atoms. The molecule has 0 saturated carbocycles. The molecule has 86 valence electrons. The Morgan fingerprint density at radius 3 is 2.75 bits per heavy atom. The number of hydrogen-bond donors (Lipinski definition) is 2. The van der Waals surface area contributed by atoms with Gasteiger partial charge in [-0.05, 0) is 17.5 Å². The Labute approximate surface area is 95.6 Å². The lowest BCUT2D eigenvalue weighted by Crippen LogP contribution is -2.51. The molecule has 0 aliphatic carbocycles. The van der Waals surface area contributed by atoms with E-state index in [0.717, 1.165) is 13.0 Å². The Hall–Kier alpha value is -1.39. The average molecular weight is 219 g/mol. The summed E-state index contributed by atoms with van der Waals surface area (Å²) in [5.41, 5.74) is 5.33. The highest BCUT2D eigenvalue weighted by Crippen LogP contribution is 2.16. The van der Waals surface area contributed by atoms with Crippen molar-refractivity contribution in [3.63, 3.8) is 0 Å². The standard InChI is InChI=1S/C12H17N3O/c1-15(2)14-12(16)11-7-9-5-3-4-6-10(9)8-13-11/h3-6,11,13H,7-8H2,1-2H3,(H,14,16)/t11-/m1/s1. The van der Waals surface area contributed by atoms with Gasteiger partial charge >= 0.3 is 0 Å². The quantitative estimate of drug-likeness (QED) is 0.703. The topological polar surface area (TPSA) is 44.4 Å². The summed E-state index contributed by atoms with van der Waals surface area (Å²) in [6, 6.07) is 8.11. The number of nitrogens with zero attached hydrogens (tertiary/aromatic N) is 1. The number of rotatable bonds is 2. The second kappa shape index (κ2) is 4.63. The Morgan fingerprint density at radius 1 is 1.38 bits per heavy atom. The molecule has 1 aliphatic rings. The lowest BCUT2D eigenvalue weighted by molar-refractivity contribution is -0.127. The minimum absolute atomic E-state index is 0.0273. The van der Waals surface area contributed by atoms with Crippen LogP contribution < -0.4 is 10.7 Å². The van der Waals surface area contributed by atoms with E-state index in [1.165, 1.54) is 11.1 Å². The molecule has 4 heteroatoms. The summed E-state index contributed by atoms with van der Waals surface area (Å²) in [5.74, 6) is 0.0273. The third-order valence-corrected chi connectivity index (χ3v) is 2.73. The third kappa shape index (κ3) is 2.40.